The zero-order chi connectivity index (χ0) is 13.5. The van der Waals surface area contributed by atoms with Gasteiger partial charge in [-0.15, -0.1) is 0 Å². The van der Waals surface area contributed by atoms with E-state index in [1.165, 1.54) is 11.1 Å². The molecule has 0 bridgehead atoms. The molecule has 0 amide bonds. The molecule has 1 aromatic carbocycles. The van der Waals surface area contributed by atoms with Crippen LogP contribution in [-0.2, 0) is 11.2 Å². The van der Waals surface area contributed by atoms with Gasteiger partial charge >= 0.3 is 5.97 Å². The maximum absolute atomic E-state index is 10.5. The summed E-state index contributed by atoms with van der Waals surface area (Å²) in [5.41, 5.74) is 2.37. The number of carboxylic acids is 1. The first kappa shape index (κ1) is 14.5. The van der Waals surface area contributed by atoms with Gasteiger partial charge in [-0.2, -0.15) is 0 Å². The molecule has 0 atom stereocenters. The average molecular weight is 251 g/mol. The van der Waals surface area contributed by atoms with E-state index in [0.29, 0.717) is 6.54 Å². The summed E-state index contributed by atoms with van der Waals surface area (Å²) in [5.74, 6) is 0.141. The molecule has 18 heavy (non-hydrogen) atoms. The molecule has 0 aliphatic rings. The highest BCUT2D eigenvalue weighted by Crippen LogP contribution is 2.20. The highest BCUT2D eigenvalue weighted by Gasteiger charge is 2.06. The first-order valence-electron chi connectivity index (χ1n) is 6.06. The minimum atomic E-state index is -0.755. The van der Waals surface area contributed by atoms with Gasteiger partial charge < -0.3 is 14.7 Å². The Morgan fingerprint density at radius 2 is 2.11 bits per heavy atom. The molecule has 0 saturated carbocycles. The highest BCUT2D eigenvalue weighted by molar-refractivity contribution is 5.66. The molecule has 0 radical (unpaired) electrons. The number of nitrogens with zero attached hydrogens (tertiary/aromatic N) is 1. The number of hydrogen-bond acceptors (Lipinski definition) is 3. The van der Waals surface area contributed by atoms with Gasteiger partial charge in [-0.25, -0.2) is 0 Å². The van der Waals surface area contributed by atoms with Gasteiger partial charge in [0.15, 0.2) is 0 Å². The average Bonchev–Trinajstić information content (AvgIpc) is 2.34. The lowest BCUT2D eigenvalue weighted by Crippen LogP contribution is -2.24. The molecule has 0 aliphatic carbocycles. The molecule has 0 heterocycles. The van der Waals surface area contributed by atoms with Crippen LogP contribution >= 0.6 is 0 Å². The van der Waals surface area contributed by atoms with Crippen molar-refractivity contribution >= 4 is 5.97 Å². The van der Waals surface area contributed by atoms with E-state index in [4.69, 9.17) is 9.84 Å². The second-order valence-electron chi connectivity index (χ2n) is 4.51. The fourth-order valence-electron chi connectivity index (χ4n) is 1.81. The quantitative estimate of drug-likeness (QED) is 0.804. The molecule has 1 rings (SSSR count). The van der Waals surface area contributed by atoms with Crippen LogP contribution in [0, 0.1) is 6.92 Å². The molecule has 0 aromatic heterocycles. The van der Waals surface area contributed by atoms with Crippen molar-refractivity contribution in [3.05, 3.63) is 29.3 Å². The van der Waals surface area contributed by atoms with Gasteiger partial charge in [0.2, 0.25) is 0 Å². The molecule has 0 saturated heterocycles. The minimum Gasteiger partial charge on any atom is -0.496 e. The Bertz CT molecular complexity index is 404. The Hall–Kier alpha value is -1.55. The number of benzene rings is 1. The summed E-state index contributed by atoms with van der Waals surface area (Å²) >= 11 is 0. The molecular formula is C14H21NO3. The van der Waals surface area contributed by atoms with Crippen molar-refractivity contribution in [2.45, 2.75) is 19.8 Å². The maximum Gasteiger partial charge on any atom is 0.304 e. The van der Waals surface area contributed by atoms with E-state index in [9.17, 15) is 4.79 Å². The van der Waals surface area contributed by atoms with Crippen molar-refractivity contribution in [3.63, 3.8) is 0 Å². The minimum absolute atomic E-state index is 0.182. The van der Waals surface area contributed by atoms with Crippen molar-refractivity contribution in [2.24, 2.45) is 0 Å². The smallest absolute Gasteiger partial charge is 0.304 e. The summed E-state index contributed by atoms with van der Waals surface area (Å²) < 4.78 is 5.32. The third kappa shape index (κ3) is 4.75. The monoisotopic (exact) mass is 251 g/mol. The fraction of sp³-hybridized carbons (Fsp3) is 0.500. The van der Waals surface area contributed by atoms with Gasteiger partial charge in [0.1, 0.15) is 5.75 Å². The van der Waals surface area contributed by atoms with Crippen LogP contribution in [0.2, 0.25) is 0 Å². The Kier molecular flexibility index (Phi) is 5.65. The number of ether oxygens (including phenoxy) is 1. The summed E-state index contributed by atoms with van der Waals surface area (Å²) in [6, 6.07) is 6.11. The number of carbonyl (C=O) groups is 1. The van der Waals surface area contributed by atoms with Crippen LogP contribution in [0.5, 0.6) is 5.75 Å². The number of hydrogen-bond donors (Lipinski definition) is 1. The van der Waals surface area contributed by atoms with E-state index in [1.54, 1.807) is 7.11 Å². The van der Waals surface area contributed by atoms with E-state index in [2.05, 4.69) is 13.0 Å². The van der Waals surface area contributed by atoms with Crippen LogP contribution in [0.1, 0.15) is 17.5 Å². The molecule has 100 valence electrons. The number of likely N-dealkylation sites (N-methyl/N-ethyl adjacent to an activating group) is 1. The summed E-state index contributed by atoms with van der Waals surface area (Å²) in [4.78, 5) is 12.5. The Balaban J connectivity index is 2.52. The predicted octanol–water partition coefficient (Wildman–Crippen LogP) is 1.95. The summed E-state index contributed by atoms with van der Waals surface area (Å²) in [5, 5.41) is 8.62. The number of methoxy groups -OCH3 is 1. The largest absolute Gasteiger partial charge is 0.496 e. The third-order valence-corrected chi connectivity index (χ3v) is 2.91. The molecule has 1 N–H and O–H groups in total. The molecule has 0 spiro atoms. The zero-order valence-corrected chi connectivity index (χ0v) is 11.3. The number of carboxylic acid groups (broad SMARTS) is 1. The van der Waals surface area contributed by atoms with Crippen molar-refractivity contribution in [1.82, 2.24) is 4.90 Å². The van der Waals surface area contributed by atoms with E-state index in [1.807, 2.05) is 24.1 Å². The second kappa shape index (κ2) is 7.01. The molecular weight excluding hydrogens is 230 g/mol. The molecule has 0 aliphatic heterocycles. The molecule has 1 aromatic rings. The number of aryl methyl sites for hydroxylation is 1. The van der Waals surface area contributed by atoms with Crippen molar-refractivity contribution < 1.29 is 14.6 Å². The summed E-state index contributed by atoms with van der Waals surface area (Å²) in [6.45, 7) is 3.45. The Morgan fingerprint density at radius 3 is 2.72 bits per heavy atom. The third-order valence-electron chi connectivity index (χ3n) is 2.91. The lowest BCUT2D eigenvalue weighted by atomic mass is 10.1. The Morgan fingerprint density at radius 1 is 1.39 bits per heavy atom. The lowest BCUT2D eigenvalue weighted by Gasteiger charge is -2.16. The second-order valence-corrected chi connectivity index (χ2v) is 4.51. The normalized spacial score (nSPS) is 10.7. The number of aliphatic carboxylic acids is 1. The van der Waals surface area contributed by atoms with E-state index in [0.717, 1.165) is 18.7 Å². The Labute approximate surface area is 108 Å². The van der Waals surface area contributed by atoms with Crippen molar-refractivity contribution in [2.75, 3.05) is 27.2 Å². The van der Waals surface area contributed by atoms with E-state index >= 15 is 0 Å². The molecule has 4 nitrogen and oxygen atoms in total. The van der Waals surface area contributed by atoms with Gasteiger partial charge in [-0.1, -0.05) is 17.7 Å². The molecule has 0 fully saturated rings. The number of rotatable bonds is 7. The standard InChI is InChI=1S/C14H21NO3/c1-11-4-5-13(18-3)12(10-11)6-8-15(2)9-7-14(16)17/h4-5,10H,6-9H2,1-3H3,(H,16,17). The van der Waals surface area contributed by atoms with Crippen LogP contribution in [-0.4, -0.2) is 43.2 Å². The van der Waals surface area contributed by atoms with Crippen LogP contribution < -0.4 is 4.74 Å². The first-order chi connectivity index (χ1) is 8.52. The van der Waals surface area contributed by atoms with Gasteiger partial charge in [0, 0.05) is 13.1 Å². The topological polar surface area (TPSA) is 49.8 Å². The van der Waals surface area contributed by atoms with Crippen LogP contribution in [0.3, 0.4) is 0 Å². The molecule has 4 heteroatoms. The van der Waals surface area contributed by atoms with E-state index < -0.39 is 5.97 Å². The first-order valence-corrected chi connectivity index (χ1v) is 6.06. The highest BCUT2D eigenvalue weighted by atomic mass is 16.5. The summed E-state index contributed by atoms with van der Waals surface area (Å²) in [6.07, 6.45) is 1.04. The lowest BCUT2D eigenvalue weighted by molar-refractivity contribution is -0.137. The van der Waals surface area contributed by atoms with Gasteiger partial charge in [-0.05, 0) is 32.0 Å². The van der Waals surface area contributed by atoms with Gasteiger partial charge in [0.25, 0.3) is 0 Å². The predicted molar refractivity (Wildman–Crippen MR) is 71.2 cm³/mol. The van der Waals surface area contributed by atoms with Gasteiger partial charge in [-0.3, -0.25) is 4.79 Å². The van der Waals surface area contributed by atoms with Crippen molar-refractivity contribution in [1.29, 1.82) is 0 Å². The van der Waals surface area contributed by atoms with Crippen LogP contribution in [0.15, 0.2) is 18.2 Å². The maximum atomic E-state index is 10.5. The molecule has 0 unspecified atom stereocenters. The van der Waals surface area contributed by atoms with Gasteiger partial charge in [0.05, 0.1) is 13.5 Å². The SMILES string of the molecule is COc1ccc(C)cc1CCN(C)CCC(=O)O. The van der Waals surface area contributed by atoms with Crippen molar-refractivity contribution in [3.8, 4) is 5.75 Å². The zero-order valence-electron chi connectivity index (χ0n) is 11.3. The van der Waals surface area contributed by atoms with Crippen LogP contribution in [0.25, 0.3) is 0 Å². The van der Waals surface area contributed by atoms with Crippen LogP contribution in [0.4, 0.5) is 0 Å². The van der Waals surface area contributed by atoms with E-state index in [-0.39, 0.29) is 6.42 Å². The fourth-order valence-corrected chi connectivity index (χ4v) is 1.81. The summed E-state index contributed by atoms with van der Waals surface area (Å²) in [7, 11) is 3.60.